The third-order valence-corrected chi connectivity index (χ3v) is 4.84. The summed E-state index contributed by atoms with van der Waals surface area (Å²) in [6, 6.07) is 6.78. The first kappa shape index (κ1) is 27.2. The van der Waals surface area contributed by atoms with E-state index < -0.39 is 36.3 Å². The number of benzene rings is 2. The van der Waals surface area contributed by atoms with Gasteiger partial charge in [-0.1, -0.05) is 48.0 Å². The van der Waals surface area contributed by atoms with Crippen molar-refractivity contribution in [3.8, 4) is 0 Å². The zero-order valence-electron chi connectivity index (χ0n) is 18.6. The normalized spacial score (nSPS) is 13.5. The maximum absolute atomic E-state index is 13.1. The molecule has 34 heavy (non-hydrogen) atoms. The number of amides is 1. The van der Waals surface area contributed by atoms with E-state index in [1.54, 1.807) is 25.1 Å². The highest BCUT2D eigenvalue weighted by atomic mass is 19.4. The number of nitrogens with one attached hydrogen (secondary N) is 1. The predicted molar refractivity (Wildman–Crippen MR) is 113 cm³/mol. The standard InChI is InChI=1S/C23H23F6N2O3/c1-14-6-4-9-17(19(12-33-3)21(32)30-2)18(14)13-34-31-20(11-22(24,25)26)15-7-5-8-16(10-15)23(27,28)29/h4-10,12,20H,11,13H2,1-3H3,(H,30,32)/q-1/b19-12+. The summed E-state index contributed by atoms with van der Waals surface area (Å²) in [6.45, 7) is 1.38. The highest BCUT2D eigenvalue weighted by molar-refractivity contribution is 6.19. The van der Waals surface area contributed by atoms with Crippen molar-refractivity contribution < 1.29 is 40.7 Å². The van der Waals surface area contributed by atoms with Crippen LogP contribution in [0.4, 0.5) is 26.3 Å². The van der Waals surface area contributed by atoms with Crippen LogP contribution < -0.4 is 5.32 Å². The number of likely N-dealkylation sites (N-methyl/N-ethyl adjacent to an activating group) is 1. The first-order valence-corrected chi connectivity index (χ1v) is 9.97. The summed E-state index contributed by atoms with van der Waals surface area (Å²) in [6.07, 6.45) is -9.72. The number of carbonyl (C=O) groups is 1. The van der Waals surface area contributed by atoms with Gasteiger partial charge in [0.25, 0.3) is 5.91 Å². The lowest BCUT2D eigenvalue weighted by atomic mass is 9.96. The van der Waals surface area contributed by atoms with E-state index in [4.69, 9.17) is 9.57 Å². The van der Waals surface area contributed by atoms with E-state index in [1.165, 1.54) is 20.4 Å². The third kappa shape index (κ3) is 7.49. The van der Waals surface area contributed by atoms with Crippen LogP contribution in [-0.2, 0) is 27.2 Å². The van der Waals surface area contributed by atoms with E-state index in [1.807, 2.05) is 0 Å². The Hall–Kier alpha value is -3.05. The summed E-state index contributed by atoms with van der Waals surface area (Å²) < 4.78 is 83.4. The molecule has 0 heterocycles. The van der Waals surface area contributed by atoms with Gasteiger partial charge < -0.3 is 20.4 Å². The molecule has 0 fully saturated rings. The lowest BCUT2D eigenvalue weighted by Gasteiger charge is -2.34. The molecule has 0 saturated carbocycles. The predicted octanol–water partition coefficient (Wildman–Crippen LogP) is 6.25. The topological polar surface area (TPSA) is 61.7 Å². The van der Waals surface area contributed by atoms with Gasteiger partial charge in [0.1, 0.15) is 0 Å². The van der Waals surface area contributed by atoms with Gasteiger partial charge in [-0.05, 0) is 29.7 Å². The molecule has 0 saturated heterocycles. The van der Waals surface area contributed by atoms with Crippen LogP contribution in [0.5, 0.6) is 0 Å². The van der Waals surface area contributed by atoms with Gasteiger partial charge in [0, 0.05) is 13.5 Å². The third-order valence-electron chi connectivity index (χ3n) is 4.84. The highest BCUT2D eigenvalue weighted by Gasteiger charge is 2.32. The molecule has 0 aliphatic heterocycles. The maximum atomic E-state index is 13.1. The lowest BCUT2D eigenvalue weighted by Crippen LogP contribution is -2.20. The van der Waals surface area contributed by atoms with Gasteiger partial charge >= 0.3 is 12.4 Å². The molecule has 2 aromatic carbocycles. The van der Waals surface area contributed by atoms with Crippen LogP contribution in [0, 0.1) is 6.92 Å². The fraction of sp³-hybridized carbons (Fsp3) is 0.348. The van der Waals surface area contributed by atoms with E-state index in [0.717, 1.165) is 18.2 Å². The minimum atomic E-state index is -4.72. The molecule has 2 rings (SSSR count). The zero-order chi connectivity index (χ0) is 25.5. The van der Waals surface area contributed by atoms with Crippen molar-refractivity contribution in [2.24, 2.45) is 0 Å². The molecule has 1 N–H and O–H groups in total. The summed E-state index contributed by atoms with van der Waals surface area (Å²) in [5.74, 6) is -0.468. The van der Waals surface area contributed by atoms with Gasteiger partial charge in [0.15, 0.2) is 0 Å². The first-order chi connectivity index (χ1) is 15.9. The zero-order valence-corrected chi connectivity index (χ0v) is 18.6. The minimum absolute atomic E-state index is 0.150. The smallest absolute Gasteiger partial charge is 0.416 e. The molecule has 1 atom stereocenters. The van der Waals surface area contributed by atoms with Crippen molar-refractivity contribution in [2.45, 2.75) is 38.3 Å². The van der Waals surface area contributed by atoms with Crippen LogP contribution in [-0.4, -0.2) is 26.2 Å². The number of hydroxylamine groups is 1. The van der Waals surface area contributed by atoms with Crippen LogP contribution >= 0.6 is 0 Å². The highest BCUT2D eigenvalue weighted by Crippen LogP contribution is 2.38. The van der Waals surface area contributed by atoms with Crippen LogP contribution in [0.15, 0.2) is 48.7 Å². The van der Waals surface area contributed by atoms with Crippen LogP contribution in [0.3, 0.4) is 0 Å². The fourth-order valence-electron chi connectivity index (χ4n) is 3.19. The number of rotatable bonds is 9. The van der Waals surface area contributed by atoms with Crippen molar-refractivity contribution in [3.05, 3.63) is 82.0 Å². The van der Waals surface area contributed by atoms with E-state index in [-0.39, 0.29) is 17.7 Å². The molecular formula is C23H23F6N2O3-. The Bertz CT molecular complexity index is 1020. The van der Waals surface area contributed by atoms with Gasteiger partial charge in [-0.25, -0.2) is 0 Å². The second-order valence-corrected chi connectivity index (χ2v) is 7.28. The SMILES string of the molecule is CNC(=O)/C(=C/OC)c1cccc(C)c1CO[N-]C(CC(F)(F)F)c1cccc(C(F)(F)F)c1. The van der Waals surface area contributed by atoms with E-state index in [9.17, 15) is 31.1 Å². The van der Waals surface area contributed by atoms with Gasteiger partial charge in [-0.2, -0.15) is 26.3 Å². The Morgan fingerprint density at radius 3 is 2.38 bits per heavy atom. The molecule has 0 bridgehead atoms. The molecule has 0 aliphatic rings. The number of hydrogen-bond acceptors (Lipinski definition) is 3. The largest absolute Gasteiger partial charge is 0.527 e. The number of aryl methyl sites for hydroxylation is 1. The quantitative estimate of drug-likeness (QED) is 0.196. The number of hydrogen-bond donors (Lipinski definition) is 1. The molecular weight excluding hydrogens is 466 g/mol. The lowest BCUT2D eigenvalue weighted by molar-refractivity contribution is -0.139. The number of nitrogens with zero attached hydrogens (tertiary/aromatic N) is 1. The summed E-state index contributed by atoms with van der Waals surface area (Å²) >= 11 is 0. The molecule has 0 aliphatic carbocycles. The molecule has 5 nitrogen and oxygen atoms in total. The molecule has 0 spiro atoms. The van der Waals surface area contributed by atoms with Crippen LogP contribution in [0.2, 0.25) is 0 Å². The maximum Gasteiger partial charge on any atom is 0.416 e. The van der Waals surface area contributed by atoms with Crippen LogP contribution in [0.25, 0.3) is 11.1 Å². The Kier molecular flexibility index (Phi) is 9.11. The van der Waals surface area contributed by atoms with E-state index in [2.05, 4.69) is 10.8 Å². The molecule has 2 aromatic rings. The molecule has 11 heteroatoms. The van der Waals surface area contributed by atoms with E-state index in [0.29, 0.717) is 22.8 Å². The Labute approximate surface area is 192 Å². The molecule has 0 radical (unpaired) electrons. The van der Waals surface area contributed by atoms with Crippen molar-refractivity contribution in [1.29, 1.82) is 0 Å². The number of alkyl halides is 6. The minimum Gasteiger partial charge on any atom is -0.527 e. The summed E-state index contributed by atoms with van der Waals surface area (Å²) in [7, 11) is 2.77. The molecule has 0 aromatic heterocycles. The van der Waals surface area contributed by atoms with E-state index >= 15 is 0 Å². The van der Waals surface area contributed by atoms with Crippen molar-refractivity contribution in [2.75, 3.05) is 14.2 Å². The van der Waals surface area contributed by atoms with Gasteiger partial charge in [-0.15, -0.1) is 0 Å². The van der Waals surface area contributed by atoms with Crippen LogP contribution in [0.1, 0.15) is 40.3 Å². The van der Waals surface area contributed by atoms with Crippen molar-refractivity contribution in [1.82, 2.24) is 5.32 Å². The number of carbonyl (C=O) groups excluding carboxylic acids is 1. The van der Waals surface area contributed by atoms with Gasteiger partial charge in [0.05, 0.1) is 31.1 Å². The Balaban J connectivity index is 2.32. The average Bonchev–Trinajstić information content (AvgIpc) is 2.76. The summed E-state index contributed by atoms with van der Waals surface area (Å²) in [5.41, 5.74) is 3.90. The van der Waals surface area contributed by atoms with Gasteiger partial charge in [0.2, 0.25) is 0 Å². The first-order valence-electron chi connectivity index (χ1n) is 9.97. The molecule has 186 valence electrons. The van der Waals surface area contributed by atoms with Crippen molar-refractivity contribution >= 4 is 11.5 Å². The molecule has 1 unspecified atom stereocenters. The summed E-state index contributed by atoms with van der Waals surface area (Å²) in [5, 5.41) is 2.47. The van der Waals surface area contributed by atoms with Gasteiger partial charge in [-0.3, -0.25) is 4.79 Å². The Morgan fingerprint density at radius 1 is 1.12 bits per heavy atom. The second-order valence-electron chi connectivity index (χ2n) is 7.28. The monoisotopic (exact) mass is 489 g/mol. The number of ether oxygens (including phenoxy) is 1. The molecule has 1 amide bonds. The Morgan fingerprint density at radius 2 is 1.79 bits per heavy atom. The number of halogens is 6. The van der Waals surface area contributed by atoms with Crippen molar-refractivity contribution in [3.63, 3.8) is 0 Å². The summed E-state index contributed by atoms with van der Waals surface area (Å²) in [4.78, 5) is 17.5. The second kappa shape index (κ2) is 11.4. The number of methoxy groups -OCH3 is 1. The average molecular weight is 489 g/mol. The fourth-order valence-corrected chi connectivity index (χ4v) is 3.19.